The van der Waals surface area contributed by atoms with E-state index in [9.17, 15) is 19.7 Å². The summed E-state index contributed by atoms with van der Waals surface area (Å²) in [5.74, 6) is -1.17. The molecule has 1 heterocycles. The number of anilines is 1. The lowest BCUT2D eigenvalue weighted by molar-refractivity contribution is -0.380. The smallest absolute Gasteiger partial charge is 0.341 e. The summed E-state index contributed by atoms with van der Waals surface area (Å²) in [6.45, 7) is 1.76. The van der Waals surface area contributed by atoms with Gasteiger partial charge in [-0.05, 0) is 35.1 Å². The van der Waals surface area contributed by atoms with E-state index in [2.05, 4.69) is 5.32 Å². The minimum absolute atomic E-state index is 0.0304. The molecule has 0 aliphatic carbocycles. The van der Waals surface area contributed by atoms with E-state index in [0.29, 0.717) is 5.56 Å². The fourth-order valence-corrected chi connectivity index (χ4v) is 3.37. The van der Waals surface area contributed by atoms with Crippen LogP contribution in [0.25, 0.3) is 10.8 Å². The maximum absolute atomic E-state index is 12.7. The minimum atomic E-state index is -0.718. The van der Waals surface area contributed by atoms with Crippen LogP contribution in [0.5, 0.6) is 0 Å². The number of rotatable bonds is 5. The largest absolute Gasteiger partial charge is 0.462 e. The summed E-state index contributed by atoms with van der Waals surface area (Å²) in [6, 6.07) is 13.8. The molecule has 0 spiro atoms. The quantitative estimate of drug-likeness (QED) is 0.411. The van der Waals surface area contributed by atoms with Crippen molar-refractivity contribution in [2.75, 3.05) is 11.9 Å². The van der Waals surface area contributed by atoms with Crippen molar-refractivity contribution in [2.24, 2.45) is 0 Å². The lowest BCUT2D eigenvalue weighted by Crippen LogP contribution is -2.14. The molecule has 0 aliphatic rings. The Bertz CT molecular complexity index is 1010. The van der Waals surface area contributed by atoms with E-state index in [0.717, 1.165) is 28.2 Å². The van der Waals surface area contributed by atoms with Gasteiger partial charge in [-0.2, -0.15) is 0 Å². The number of carbonyl (C=O) groups excluding carboxylic acids is 2. The van der Waals surface area contributed by atoms with Crippen LogP contribution in [0.15, 0.2) is 48.5 Å². The maximum atomic E-state index is 12.7. The molecule has 3 aromatic rings. The molecule has 7 nitrogen and oxygen atoms in total. The van der Waals surface area contributed by atoms with Gasteiger partial charge in [0.1, 0.15) is 10.6 Å². The monoisotopic (exact) mass is 370 g/mol. The lowest BCUT2D eigenvalue weighted by atomic mass is 10.0. The van der Waals surface area contributed by atoms with Crippen molar-refractivity contribution >= 4 is 44.0 Å². The fourth-order valence-electron chi connectivity index (χ4n) is 2.52. The average Bonchev–Trinajstić information content (AvgIpc) is 3.05. The number of benzene rings is 2. The third-order valence-corrected chi connectivity index (χ3v) is 4.66. The Morgan fingerprint density at radius 3 is 2.62 bits per heavy atom. The molecule has 8 heteroatoms. The van der Waals surface area contributed by atoms with Crippen molar-refractivity contribution in [3.63, 3.8) is 0 Å². The van der Waals surface area contributed by atoms with Gasteiger partial charge in [0.05, 0.1) is 11.5 Å². The molecule has 0 bridgehead atoms. The molecule has 132 valence electrons. The number of ether oxygens (including phenoxy) is 1. The number of nitrogens with zero attached hydrogens (tertiary/aromatic N) is 1. The number of thiophene rings is 1. The second-order valence-corrected chi connectivity index (χ2v) is 6.32. The van der Waals surface area contributed by atoms with Gasteiger partial charge in [-0.25, -0.2) is 4.79 Å². The maximum Gasteiger partial charge on any atom is 0.341 e. The minimum Gasteiger partial charge on any atom is -0.462 e. The second-order valence-electron chi connectivity index (χ2n) is 5.29. The second kappa shape index (κ2) is 7.32. The van der Waals surface area contributed by atoms with Gasteiger partial charge in [0.15, 0.2) is 0 Å². The summed E-state index contributed by atoms with van der Waals surface area (Å²) in [7, 11) is 0. The van der Waals surface area contributed by atoms with E-state index in [1.807, 2.05) is 30.3 Å². The van der Waals surface area contributed by atoms with Gasteiger partial charge in [0.25, 0.3) is 5.91 Å². The number of nitrogens with one attached hydrogen (secondary N) is 1. The highest BCUT2D eigenvalue weighted by Gasteiger charge is 2.24. The summed E-state index contributed by atoms with van der Waals surface area (Å²) >= 11 is 0.718. The molecule has 0 saturated heterocycles. The molecule has 1 amide bonds. The van der Waals surface area contributed by atoms with Crippen LogP contribution in [0.3, 0.4) is 0 Å². The van der Waals surface area contributed by atoms with Crippen LogP contribution in [0.4, 0.5) is 10.0 Å². The van der Waals surface area contributed by atoms with E-state index >= 15 is 0 Å². The first-order valence-electron chi connectivity index (χ1n) is 7.75. The highest BCUT2D eigenvalue weighted by molar-refractivity contribution is 7.19. The van der Waals surface area contributed by atoms with Crippen LogP contribution >= 0.6 is 11.3 Å². The molecular formula is C18H14N2O5S. The zero-order valence-corrected chi connectivity index (χ0v) is 14.5. The Labute approximate surface area is 152 Å². The molecule has 1 aromatic heterocycles. The van der Waals surface area contributed by atoms with Gasteiger partial charge < -0.3 is 10.1 Å². The Morgan fingerprint density at radius 2 is 1.88 bits per heavy atom. The molecule has 0 atom stereocenters. The van der Waals surface area contributed by atoms with Gasteiger partial charge in [0.2, 0.25) is 0 Å². The zero-order valence-electron chi connectivity index (χ0n) is 13.7. The van der Waals surface area contributed by atoms with Gasteiger partial charge in [0, 0.05) is 11.6 Å². The third kappa shape index (κ3) is 3.40. The predicted octanol–water partition coefficient (Wildman–Crippen LogP) is 4.24. The molecule has 0 fully saturated rings. The van der Waals surface area contributed by atoms with E-state index in [1.165, 1.54) is 0 Å². The number of hydrogen-bond donors (Lipinski definition) is 1. The number of carbonyl (C=O) groups is 2. The van der Waals surface area contributed by atoms with Gasteiger partial charge in [-0.3, -0.25) is 14.9 Å². The molecular weight excluding hydrogens is 356 g/mol. The van der Waals surface area contributed by atoms with Crippen LogP contribution < -0.4 is 5.32 Å². The number of nitro groups is 1. The zero-order chi connectivity index (χ0) is 18.7. The first kappa shape index (κ1) is 17.6. The molecule has 3 rings (SSSR count). The highest BCUT2D eigenvalue weighted by atomic mass is 32.1. The highest BCUT2D eigenvalue weighted by Crippen LogP contribution is 2.34. The summed E-state index contributed by atoms with van der Waals surface area (Å²) in [5, 5.41) is 15.1. The molecule has 1 N–H and O–H groups in total. The molecule has 2 aromatic carbocycles. The summed E-state index contributed by atoms with van der Waals surface area (Å²) in [5.41, 5.74) is 0.381. The third-order valence-electron chi connectivity index (χ3n) is 3.66. The van der Waals surface area contributed by atoms with Gasteiger partial charge in [-0.1, -0.05) is 36.4 Å². The van der Waals surface area contributed by atoms with Gasteiger partial charge in [-0.15, -0.1) is 0 Å². The van der Waals surface area contributed by atoms with Crippen LogP contribution in [0.2, 0.25) is 0 Å². The first-order chi connectivity index (χ1) is 12.5. The lowest BCUT2D eigenvalue weighted by Gasteiger charge is -2.08. The van der Waals surface area contributed by atoms with Crippen LogP contribution in [-0.4, -0.2) is 23.4 Å². The Morgan fingerprint density at radius 1 is 1.15 bits per heavy atom. The fraction of sp³-hybridized carbons (Fsp3) is 0.111. The Balaban J connectivity index is 1.98. The summed E-state index contributed by atoms with van der Waals surface area (Å²) in [4.78, 5) is 35.2. The molecule has 0 unspecified atom stereocenters. The number of fused-ring (bicyclic) bond motifs is 1. The van der Waals surface area contributed by atoms with E-state index < -0.39 is 16.8 Å². The molecule has 0 aliphatic heterocycles. The van der Waals surface area contributed by atoms with Crippen LogP contribution in [-0.2, 0) is 4.74 Å². The SMILES string of the molecule is CCOC(=O)c1cc([N+](=O)[O-])sc1NC(=O)c1cccc2ccccc12. The Kier molecular flexibility index (Phi) is 4.94. The number of esters is 1. The average molecular weight is 370 g/mol. The van der Waals surface area contributed by atoms with Crippen molar-refractivity contribution in [1.82, 2.24) is 0 Å². The van der Waals surface area contributed by atoms with Crippen molar-refractivity contribution in [2.45, 2.75) is 6.92 Å². The summed E-state index contributed by atoms with van der Waals surface area (Å²) in [6.07, 6.45) is 0. The van der Waals surface area contributed by atoms with Crippen molar-refractivity contribution in [3.05, 3.63) is 69.8 Å². The van der Waals surface area contributed by atoms with Crippen LogP contribution in [0.1, 0.15) is 27.6 Å². The molecule has 0 radical (unpaired) electrons. The van der Waals surface area contributed by atoms with E-state index in [-0.39, 0.29) is 22.2 Å². The normalized spacial score (nSPS) is 10.5. The number of hydrogen-bond acceptors (Lipinski definition) is 6. The molecule has 0 saturated carbocycles. The first-order valence-corrected chi connectivity index (χ1v) is 8.57. The number of amides is 1. The van der Waals surface area contributed by atoms with E-state index in [1.54, 1.807) is 19.1 Å². The van der Waals surface area contributed by atoms with Crippen molar-refractivity contribution in [1.29, 1.82) is 0 Å². The summed E-state index contributed by atoms with van der Waals surface area (Å²) < 4.78 is 4.91. The van der Waals surface area contributed by atoms with Crippen molar-refractivity contribution < 1.29 is 19.2 Å². The predicted molar refractivity (Wildman–Crippen MR) is 98.8 cm³/mol. The molecule has 26 heavy (non-hydrogen) atoms. The van der Waals surface area contributed by atoms with E-state index in [4.69, 9.17) is 4.74 Å². The van der Waals surface area contributed by atoms with Crippen LogP contribution in [0, 0.1) is 10.1 Å². The van der Waals surface area contributed by atoms with Gasteiger partial charge >= 0.3 is 11.0 Å². The topological polar surface area (TPSA) is 98.5 Å². The Hall–Kier alpha value is -3.26. The standard InChI is InChI=1S/C18H14N2O5S/c1-2-25-18(22)14-10-15(20(23)24)26-17(14)19-16(21)13-9-5-7-11-6-3-4-8-12(11)13/h3-10H,2H2,1H3,(H,19,21). The van der Waals surface area contributed by atoms with Crippen molar-refractivity contribution in [3.8, 4) is 0 Å².